The van der Waals surface area contributed by atoms with E-state index in [-0.39, 0.29) is 5.97 Å². The van der Waals surface area contributed by atoms with Gasteiger partial charge >= 0.3 is 5.97 Å². The predicted molar refractivity (Wildman–Crippen MR) is 117 cm³/mol. The number of nitrogens with one attached hydrogen (secondary N) is 1. The highest BCUT2D eigenvalue weighted by atomic mass is 16.5. The minimum Gasteiger partial charge on any atom is -0.466 e. The fraction of sp³-hybridized carbons (Fsp3) is 0.480. The van der Waals surface area contributed by atoms with Crippen LogP contribution in [-0.2, 0) is 16.1 Å². The van der Waals surface area contributed by atoms with Crippen molar-refractivity contribution in [2.75, 3.05) is 19.7 Å². The second-order valence-corrected chi connectivity index (χ2v) is 8.04. The van der Waals surface area contributed by atoms with E-state index in [0.29, 0.717) is 31.0 Å². The summed E-state index contributed by atoms with van der Waals surface area (Å²) < 4.78 is 5.09. The summed E-state index contributed by atoms with van der Waals surface area (Å²) in [6.07, 6.45) is 2.45. The molecule has 0 spiro atoms. The van der Waals surface area contributed by atoms with Gasteiger partial charge in [0, 0.05) is 38.1 Å². The first-order valence-corrected chi connectivity index (χ1v) is 10.9. The van der Waals surface area contributed by atoms with Gasteiger partial charge in [-0.2, -0.15) is 0 Å². The van der Waals surface area contributed by atoms with Gasteiger partial charge in [-0.1, -0.05) is 60.7 Å². The molecule has 0 amide bonds. The summed E-state index contributed by atoms with van der Waals surface area (Å²) in [6.45, 7) is 7.65. The van der Waals surface area contributed by atoms with E-state index in [1.54, 1.807) is 0 Å². The van der Waals surface area contributed by atoms with E-state index < -0.39 is 0 Å². The first-order valence-electron chi connectivity index (χ1n) is 10.9. The quantitative estimate of drug-likeness (QED) is 0.599. The van der Waals surface area contributed by atoms with Crippen LogP contribution in [-0.4, -0.2) is 36.6 Å². The Bertz CT molecular complexity index is 735. The number of benzene rings is 2. The Morgan fingerprint density at radius 1 is 1.10 bits per heavy atom. The highest BCUT2D eigenvalue weighted by Crippen LogP contribution is 2.26. The van der Waals surface area contributed by atoms with Crippen LogP contribution in [0, 0.1) is 5.92 Å². The molecule has 0 radical (unpaired) electrons. The molecule has 1 aliphatic heterocycles. The van der Waals surface area contributed by atoms with Crippen molar-refractivity contribution < 1.29 is 9.53 Å². The van der Waals surface area contributed by atoms with E-state index in [9.17, 15) is 4.79 Å². The van der Waals surface area contributed by atoms with Crippen LogP contribution in [0.5, 0.6) is 0 Å². The SMILES string of the molecule is CCOC(=O)CCC[C@H]1CN(Cc2ccccc2)C[C@H]1N[C@H](C)c1ccccc1. The Labute approximate surface area is 175 Å². The minimum atomic E-state index is -0.0752. The van der Waals surface area contributed by atoms with Crippen LogP contribution in [0.3, 0.4) is 0 Å². The van der Waals surface area contributed by atoms with E-state index in [1.165, 1.54) is 11.1 Å². The van der Waals surface area contributed by atoms with Gasteiger partial charge in [-0.05, 0) is 43.7 Å². The number of rotatable bonds is 10. The third-order valence-electron chi connectivity index (χ3n) is 5.79. The molecule has 1 fully saturated rings. The maximum Gasteiger partial charge on any atom is 0.305 e. The lowest BCUT2D eigenvalue weighted by atomic mass is 9.95. The number of ether oxygens (including phenoxy) is 1. The second kappa shape index (κ2) is 11.1. The molecule has 0 saturated carbocycles. The van der Waals surface area contributed by atoms with E-state index >= 15 is 0 Å². The minimum absolute atomic E-state index is 0.0752. The first kappa shape index (κ1) is 21.5. The Morgan fingerprint density at radius 3 is 2.48 bits per heavy atom. The molecule has 0 unspecified atom stereocenters. The van der Waals surface area contributed by atoms with Gasteiger partial charge in [0.25, 0.3) is 0 Å². The normalized spacial score (nSPS) is 20.5. The Balaban J connectivity index is 1.60. The van der Waals surface area contributed by atoms with Crippen LogP contribution in [0.2, 0.25) is 0 Å². The van der Waals surface area contributed by atoms with E-state index in [2.05, 4.69) is 77.8 Å². The zero-order valence-electron chi connectivity index (χ0n) is 17.7. The highest BCUT2D eigenvalue weighted by molar-refractivity contribution is 5.69. The molecule has 1 saturated heterocycles. The predicted octanol–water partition coefficient (Wildman–Crippen LogP) is 4.57. The molecule has 156 valence electrons. The fourth-order valence-electron chi connectivity index (χ4n) is 4.31. The molecule has 3 atom stereocenters. The summed E-state index contributed by atoms with van der Waals surface area (Å²) in [5.41, 5.74) is 2.67. The van der Waals surface area contributed by atoms with Crippen molar-refractivity contribution in [3.8, 4) is 0 Å². The van der Waals surface area contributed by atoms with Gasteiger partial charge in [-0.25, -0.2) is 0 Å². The zero-order valence-corrected chi connectivity index (χ0v) is 17.7. The van der Waals surface area contributed by atoms with Crippen LogP contribution in [0.15, 0.2) is 60.7 Å². The van der Waals surface area contributed by atoms with Gasteiger partial charge in [-0.3, -0.25) is 9.69 Å². The van der Waals surface area contributed by atoms with Crippen LogP contribution in [0.1, 0.15) is 50.3 Å². The van der Waals surface area contributed by atoms with E-state index in [0.717, 1.165) is 32.5 Å². The third kappa shape index (κ3) is 6.69. The molecular weight excluding hydrogens is 360 g/mol. The van der Waals surface area contributed by atoms with Crippen LogP contribution >= 0.6 is 0 Å². The molecule has 29 heavy (non-hydrogen) atoms. The number of nitrogens with zero attached hydrogens (tertiary/aromatic N) is 1. The Morgan fingerprint density at radius 2 is 1.79 bits per heavy atom. The third-order valence-corrected chi connectivity index (χ3v) is 5.79. The number of hydrogen-bond donors (Lipinski definition) is 1. The molecule has 4 heteroatoms. The maximum absolute atomic E-state index is 11.7. The lowest BCUT2D eigenvalue weighted by molar-refractivity contribution is -0.143. The number of hydrogen-bond acceptors (Lipinski definition) is 4. The summed E-state index contributed by atoms with van der Waals surface area (Å²) in [7, 11) is 0. The zero-order chi connectivity index (χ0) is 20.5. The monoisotopic (exact) mass is 394 g/mol. The maximum atomic E-state index is 11.7. The average Bonchev–Trinajstić information content (AvgIpc) is 3.10. The second-order valence-electron chi connectivity index (χ2n) is 8.04. The van der Waals surface area contributed by atoms with Gasteiger partial charge in [-0.15, -0.1) is 0 Å². The number of likely N-dealkylation sites (tertiary alicyclic amines) is 1. The molecule has 2 aromatic carbocycles. The van der Waals surface area contributed by atoms with Gasteiger partial charge in [0.2, 0.25) is 0 Å². The standard InChI is InChI=1S/C25H34N2O2/c1-3-29-25(28)16-10-15-23-18-27(17-21-11-6-4-7-12-21)19-24(23)26-20(2)22-13-8-5-9-14-22/h4-9,11-14,20,23-24,26H,3,10,15-19H2,1-2H3/t20-,23+,24-/m1/s1. The summed E-state index contributed by atoms with van der Waals surface area (Å²) in [6, 6.07) is 22.0. The molecule has 4 nitrogen and oxygen atoms in total. The van der Waals surface area contributed by atoms with E-state index in [1.807, 2.05) is 6.92 Å². The molecule has 1 N–H and O–H groups in total. The van der Waals surface area contributed by atoms with Crippen molar-refractivity contribution in [3.63, 3.8) is 0 Å². The fourth-order valence-corrected chi connectivity index (χ4v) is 4.31. The van der Waals surface area contributed by atoms with Crippen molar-refractivity contribution in [2.24, 2.45) is 5.92 Å². The molecule has 3 rings (SSSR count). The van der Waals surface area contributed by atoms with Crippen molar-refractivity contribution in [2.45, 2.75) is 51.7 Å². The lowest BCUT2D eigenvalue weighted by Crippen LogP contribution is -2.38. The van der Waals surface area contributed by atoms with Crippen LogP contribution in [0.25, 0.3) is 0 Å². The summed E-state index contributed by atoms with van der Waals surface area (Å²) in [4.78, 5) is 14.3. The number of esters is 1. The molecule has 0 aromatic heterocycles. The summed E-state index contributed by atoms with van der Waals surface area (Å²) in [5, 5.41) is 3.87. The highest BCUT2D eigenvalue weighted by Gasteiger charge is 2.33. The van der Waals surface area contributed by atoms with E-state index in [4.69, 9.17) is 4.74 Å². The van der Waals surface area contributed by atoms with Gasteiger partial charge in [0.05, 0.1) is 6.61 Å². The largest absolute Gasteiger partial charge is 0.466 e. The topological polar surface area (TPSA) is 41.6 Å². The smallest absolute Gasteiger partial charge is 0.305 e. The van der Waals surface area contributed by atoms with Crippen LogP contribution in [0.4, 0.5) is 0 Å². The molecule has 1 heterocycles. The Hall–Kier alpha value is -2.17. The van der Waals surface area contributed by atoms with Gasteiger partial charge < -0.3 is 10.1 Å². The molecule has 0 aliphatic carbocycles. The lowest BCUT2D eigenvalue weighted by Gasteiger charge is -2.24. The molecule has 1 aliphatic rings. The van der Waals surface area contributed by atoms with Crippen molar-refractivity contribution in [3.05, 3.63) is 71.8 Å². The molecular formula is C25H34N2O2. The molecule has 2 aromatic rings. The number of carbonyl (C=O) groups is 1. The summed E-state index contributed by atoms with van der Waals surface area (Å²) in [5.74, 6) is 0.466. The van der Waals surface area contributed by atoms with Crippen molar-refractivity contribution >= 4 is 5.97 Å². The van der Waals surface area contributed by atoms with Crippen molar-refractivity contribution in [1.29, 1.82) is 0 Å². The van der Waals surface area contributed by atoms with Gasteiger partial charge in [0.15, 0.2) is 0 Å². The first-order chi connectivity index (χ1) is 14.2. The van der Waals surface area contributed by atoms with Crippen LogP contribution < -0.4 is 5.32 Å². The molecule has 0 bridgehead atoms. The average molecular weight is 395 g/mol. The van der Waals surface area contributed by atoms with Gasteiger partial charge in [0.1, 0.15) is 0 Å². The Kier molecular flexibility index (Phi) is 8.26. The summed E-state index contributed by atoms with van der Waals surface area (Å²) >= 11 is 0. The van der Waals surface area contributed by atoms with Crippen molar-refractivity contribution in [1.82, 2.24) is 10.2 Å². The number of carbonyl (C=O) groups excluding carboxylic acids is 1.